The predicted octanol–water partition coefficient (Wildman–Crippen LogP) is 3.28. The summed E-state index contributed by atoms with van der Waals surface area (Å²) in [6.07, 6.45) is 2.77. The quantitative estimate of drug-likeness (QED) is 0.726. The van der Waals surface area contributed by atoms with E-state index < -0.39 is 0 Å². The molecule has 1 atom stereocenters. The first-order chi connectivity index (χ1) is 9.63. The van der Waals surface area contributed by atoms with Gasteiger partial charge < -0.3 is 10.6 Å². The SMILES string of the molecule is CCCC(NCCC(=O)NCC(C)C)c1ccccc1. The van der Waals surface area contributed by atoms with Crippen LogP contribution < -0.4 is 10.6 Å². The van der Waals surface area contributed by atoms with E-state index >= 15 is 0 Å². The van der Waals surface area contributed by atoms with E-state index in [4.69, 9.17) is 0 Å². The number of rotatable bonds is 9. The van der Waals surface area contributed by atoms with E-state index in [0.717, 1.165) is 25.9 Å². The fraction of sp³-hybridized carbons (Fsp3) is 0.588. The van der Waals surface area contributed by atoms with Gasteiger partial charge in [0.2, 0.25) is 5.91 Å². The molecule has 0 aliphatic heterocycles. The molecule has 0 fully saturated rings. The zero-order valence-electron chi connectivity index (χ0n) is 13.0. The normalized spacial score (nSPS) is 12.4. The molecule has 1 aromatic rings. The van der Waals surface area contributed by atoms with Crippen molar-refractivity contribution in [2.45, 2.75) is 46.1 Å². The summed E-state index contributed by atoms with van der Waals surface area (Å²) in [7, 11) is 0. The van der Waals surface area contributed by atoms with Crippen LogP contribution >= 0.6 is 0 Å². The summed E-state index contributed by atoms with van der Waals surface area (Å²) in [5.74, 6) is 0.638. The lowest BCUT2D eigenvalue weighted by Gasteiger charge is -2.18. The van der Waals surface area contributed by atoms with Crippen LogP contribution in [0.4, 0.5) is 0 Å². The fourth-order valence-electron chi connectivity index (χ4n) is 2.13. The van der Waals surface area contributed by atoms with Crippen molar-refractivity contribution in [1.82, 2.24) is 10.6 Å². The molecule has 112 valence electrons. The maximum atomic E-state index is 11.7. The van der Waals surface area contributed by atoms with Crippen LogP contribution in [0.15, 0.2) is 30.3 Å². The molecule has 1 amide bonds. The Hall–Kier alpha value is -1.35. The molecule has 0 saturated heterocycles. The molecule has 0 aromatic heterocycles. The van der Waals surface area contributed by atoms with E-state index in [2.05, 4.69) is 55.7 Å². The minimum Gasteiger partial charge on any atom is -0.356 e. The Morgan fingerprint density at radius 3 is 2.50 bits per heavy atom. The smallest absolute Gasteiger partial charge is 0.221 e. The lowest BCUT2D eigenvalue weighted by Crippen LogP contribution is -2.31. The summed E-state index contributed by atoms with van der Waals surface area (Å²) in [4.78, 5) is 11.7. The maximum absolute atomic E-state index is 11.7. The van der Waals surface area contributed by atoms with Gasteiger partial charge in [0, 0.05) is 25.6 Å². The van der Waals surface area contributed by atoms with Crippen molar-refractivity contribution in [3.05, 3.63) is 35.9 Å². The third-order valence-corrected chi connectivity index (χ3v) is 3.23. The summed E-state index contributed by atoms with van der Waals surface area (Å²) in [6, 6.07) is 10.8. The topological polar surface area (TPSA) is 41.1 Å². The van der Waals surface area contributed by atoms with Gasteiger partial charge in [0.15, 0.2) is 0 Å². The number of hydrogen-bond donors (Lipinski definition) is 2. The molecule has 0 saturated carbocycles. The van der Waals surface area contributed by atoms with Crippen molar-refractivity contribution in [2.75, 3.05) is 13.1 Å². The Morgan fingerprint density at radius 1 is 1.20 bits per heavy atom. The summed E-state index contributed by atoms with van der Waals surface area (Å²) in [5.41, 5.74) is 1.30. The molecule has 3 heteroatoms. The largest absolute Gasteiger partial charge is 0.356 e. The van der Waals surface area contributed by atoms with Gasteiger partial charge in [-0.15, -0.1) is 0 Å². The number of hydrogen-bond acceptors (Lipinski definition) is 2. The van der Waals surface area contributed by atoms with Gasteiger partial charge in [-0.2, -0.15) is 0 Å². The van der Waals surface area contributed by atoms with E-state index in [1.807, 2.05) is 6.07 Å². The molecule has 0 aliphatic rings. The molecule has 0 bridgehead atoms. The minimum absolute atomic E-state index is 0.134. The lowest BCUT2D eigenvalue weighted by molar-refractivity contribution is -0.121. The van der Waals surface area contributed by atoms with Gasteiger partial charge >= 0.3 is 0 Å². The number of carbonyl (C=O) groups is 1. The molecule has 20 heavy (non-hydrogen) atoms. The molecule has 0 heterocycles. The molecule has 2 N–H and O–H groups in total. The summed E-state index contributed by atoms with van der Waals surface area (Å²) < 4.78 is 0. The van der Waals surface area contributed by atoms with Gasteiger partial charge in [0.25, 0.3) is 0 Å². The highest BCUT2D eigenvalue weighted by Crippen LogP contribution is 2.17. The highest BCUT2D eigenvalue weighted by molar-refractivity contribution is 5.76. The average Bonchev–Trinajstić information content (AvgIpc) is 2.45. The van der Waals surface area contributed by atoms with Crippen LogP contribution in [-0.2, 0) is 4.79 Å². The van der Waals surface area contributed by atoms with E-state index in [1.165, 1.54) is 5.56 Å². The van der Waals surface area contributed by atoms with Crippen LogP contribution in [0.25, 0.3) is 0 Å². The molecule has 1 unspecified atom stereocenters. The van der Waals surface area contributed by atoms with E-state index in [1.54, 1.807) is 0 Å². The van der Waals surface area contributed by atoms with Crippen molar-refractivity contribution >= 4 is 5.91 Å². The maximum Gasteiger partial charge on any atom is 0.221 e. The Labute approximate surface area is 123 Å². The second-order valence-corrected chi connectivity index (χ2v) is 5.65. The number of amides is 1. The molecule has 0 aliphatic carbocycles. The minimum atomic E-state index is 0.134. The fourth-order valence-corrected chi connectivity index (χ4v) is 2.13. The van der Waals surface area contributed by atoms with Crippen molar-refractivity contribution < 1.29 is 4.79 Å². The Bertz CT molecular complexity index is 376. The highest BCUT2D eigenvalue weighted by Gasteiger charge is 2.10. The highest BCUT2D eigenvalue weighted by atomic mass is 16.1. The molecule has 3 nitrogen and oxygen atoms in total. The van der Waals surface area contributed by atoms with Crippen molar-refractivity contribution in [2.24, 2.45) is 5.92 Å². The Balaban J connectivity index is 2.35. The Kier molecular flexibility index (Phi) is 7.97. The van der Waals surface area contributed by atoms with E-state index in [0.29, 0.717) is 18.4 Å². The van der Waals surface area contributed by atoms with Crippen LogP contribution in [-0.4, -0.2) is 19.0 Å². The van der Waals surface area contributed by atoms with Crippen LogP contribution in [0.2, 0.25) is 0 Å². The van der Waals surface area contributed by atoms with Gasteiger partial charge in [-0.25, -0.2) is 0 Å². The first-order valence-corrected chi connectivity index (χ1v) is 7.68. The van der Waals surface area contributed by atoms with Crippen molar-refractivity contribution in [1.29, 1.82) is 0 Å². The molecular formula is C17H28N2O. The first kappa shape index (κ1) is 16.7. The monoisotopic (exact) mass is 276 g/mol. The van der Waals surface area contributed by atoms with E-state index in [-0.39, 0.29) is 5.91 Å². The van der Waals surface area contributed by atoms with Crippen LogP contribution in [0.1, 0.15) is 51.6 Å². The second-order valence-electron chi connectivity index (χ2n) is 5.65. The van der Waals surface area contributed by atoms with Gasteiger partial charge in [-0.05, 0) is 17.9 Å². The number of nitrogens with one attached hydrogen (secondary N) is 2. The van der Waals surface area contributed by atoms with Gasteiger partial charge in [-0.1, -0.05) is 57.5 Å². The zero-order chi connectivity index (χ0) is 14.8. The lowest BCUT2D eigenvalue weighted by atomic mass is 10.0. The summed E-state index contributed by atoms with van der Waals surface area (Å²) in [5, 5.41) is 6.44. The van der Waals surface area contributed by atoms with Crippen molar-refractivity contribution in [3.8, 4) is 0 Å². The third kappa shape index (κ3) is 6.71. The van der Waals surface area contributed by atoms with Gasteiger partial charge in [0.1, 0.15) is 0 Å². The average molecular weight is 276 g/mol. The standard InChI is InChI=1S/C17H28N2O/c1-4-8-16(15-9-6-5-7-10-15)18-12-11-17(20)19-13-14(2)3/h5-7,9-10,14,16,18H,4,8,11-13H2,1-3H3,(H,19,20). The molecule has 1 rings (SSSR count). The van der Waals surface area contributed by atoms with Crippen LogP contribution in [0, 0.1) is 5.92 Å². The summed E-state index contributed by atoms with van der Waals surface area (Å²) in [6.45, 7) is 7.88. The third-order valence-electron chi connectivity index (χ3n) is 3.23. The zero-order valence-corrected chi connectivity index (χ0v) is 13.0. The Morgan fingerprint density at radius 2 is 1.90 bits per heavy atom. The predicted molar refractivity (Wildman–Crippen MR) is 84.6 cm³/mol. The number of carbonyl (C=O) groups excluding carboxylic acids is 1. The molecule has 0 spiro atoms. The first-order valence-electron chi connectivity index (χ1n) is 7.68. The second kappa shape index (κ2) is 9.54. The van der Waals surface area contributed by atoms with Crippen LogP contribution in [0.5, 0.6) is 0 Å². The van der Waals surface area contributed by atoms with Gasteiger partial charge in [0.05, 0.1) is 0 Å². The van der Waals surface area contributed by atoms with Crippen LogP contribution in [0.3, 0.4) is 0 Å². The number of benzene rings is 1. The molecule has 0 radical (unpaired) electrons. The van der Waals surface area contributed by atoms with Crippen molar-refractivity contribution in [3.63, 3.8) is 0 Å². The molecular weight excluding hydrogens is 248 g/mol. The van der Waals surface area contributed by atoms with E-state index in [9.17, 15) is 4.79 Å². The molecule has 1 aromatic carbocycles. The van der Waals surface area contributed by atoms with Gasteiger partial charge in [-0.3, -0.25) is 4.79 Å². The summed E-state index contributed by atoms with van der Waals surface area (Å²) >= 11 is 0.